The van der Waals surface area contributed by atoms with E-state index in [0.717, 1.165) is 5.56 Å². The number of nitrogens with zero attached hydrogens (tertiary/aromatic N) is 2. The molecule has 1 aromatic heterocycles. The van der Waals surface area contributed by atoms with Crippen molar-refractivity contribution in [2.24, 2.45) is 0 Å². The van der Waals surface area contributed by atoms with Gasteiger partial charge in [0.2, 0.25) is 0 Å². The molecule has 3 nitrogen and oxygen atoms in total. The molecule has 0 aliphatic rings. The number of benzene rings is 1. The zero-order valence-electron chi connectivity index (χ0n) is 9.81. The first-order valence-electron chi connectivity index (χ1n) is 5.22. The highest BCUT2D eigenvalue weighted by Gasteiger charge is 2.30. The Hall–Kier alpha value is -0.680. The first-order chi connectivity index (χ1) is 8.99. The van der Waals surface area contributed by atoms with Crippen LogP contribution in [0.1, 0.15) is 17.3 Å². The topological polar surface area (TPSA) is 38.9 Å². The van der Waals surface area contributed by atoms with Gasteiger partial charge in [0.25, 0.3) is 9.68 Å². The molecule has 0 amide bonds. The summed E-state index contributed by atoms with van der Waals surface area (Å²) in [6.07, 6.45) is 5.58. The van der Waals surface area contributed by atoms with E-state index in [9.17, 15) is 0 Å². The van der Waals surface area contributed by atoms with Crippen LogP contribution in [0, 0.1) is 0 Å². The summed E-state index contributed by atoms with van der Waals surface area (Å²) in [4.78, 5) is 5.17. The minimum atomic E-state index is -1.70. The third-order valence-corrected chi connectivity index (χ3v) is 3.45. The summed E-state index contributed by atoms with van der Waals surface area (Å²) >= 11 is 18.6. The summed E-state index contributed by atoms with van der Waals surface area (Å²) in [6, 6.07) is 8.07. The molecule has 0 bridgehead atoms. The van der Waals surface area contributed by atoms with Gasteiger partial charge in [-0.15, -0.1) is 11.8 Å². The largest absolute Gasteiger partial charge is 0.334 e. The van der Waals surface area contributed by atoms with Crippen molar-refractivity contribution in [3.63, 3.8) is 0 Å². The molecule has 19 heavy (non-hydrogen) atoms. The third kappa shape index (κ3) is 4.14. The van der Waals surface area contributed by atoms with Gasteiger partial charge < -0.3 is 4.52 Å². The molecule has 2 rings (SSSR count). The van der Waals surface area contributed by atoms with Crippen LogP contribution in [0.5, 0.6) is 0 Å². The van der Waals surface area contributed by atoms with Gasteiger partial charge >= 0.3 is 0 Å². The molecular formula is C12H9Cl3N2OS. The fourth-order valence-corrected chi connectivity index (χ4v) is 1.94. The number of rotatable bonds is 3. The van der Waals surface area contributed by atoms with Crippen molar-refractivity contribution in [3.8, 4) is 0 Å². The molecule has 0 atom stereocenters. The standard InChI is InChI=1S/C12H9Cl3N2OS/c1-19-9-5-2-8(3-6-9)4-7-10-16-11(18-17-10)12(13,14)15/h2-7H,1H3. The van der Waals surface area contributed by atoms with Crippen LogP contribution in [-0.2, 0) is 3.79 Å². The van der Waals surface area contributed by atoms with Crippen LogP contribution in [0.3, 0.4) is 0 Å². The van der Waals surface area contributed by atoms with Gasteiger partial charge in [0.1, 0.15) is 0 Å². The van der Waals surface area contributed by atoms with E-state index < -0.39 is 3.79 Å². The van der Waals surface area contributed by atoms with Crippen LogP contribution in [0.2, 0.25) is 0 Å². The molecule has 0 aliphatic heterocycles. The first kappa shape index (κ1) is 14.7. The minimum Gasteiger partial charge on any atom is -0.334 e. The number of alkyl halides is 3. The smallest absolute Gasteiger partial charge is 0.279 e. The second kappa shape index (κ2) is 6.18. The maximum Gasteiger partial charge on any atom is 0.279 e. The Morgan fingerprint density at radius 3 is 2.37 bits per heavy atom. The van der Waals surface area contributed by atoms with Gasteiger partial charge in [0.05, 0.1) is 0 Å². The summed E-state index contributed by atoms with van der Waals surface area (Å²) < 4.78 is 3.15. The Morgan fingerprint density at radius 1 is 1.16 bits per heavy atom. The van der Waals surface area contributed by atoms with Gasteiger partial charge in [-0.25, -0.2) is 0 Å². The lowest BCUT2D eigenvalue weighted by Crippen LogP contribution is -1.99. The summed E-state index contributed by atoms with van der Waals surface area (Å²) in [5.74, 6) is 0.310. The van der Waals surface area contributed by atoms with Gasteiger partial charge in [-0.2, -0.15) is 4.98 Å². The van der Waals surface area contributed by atoms with Gasteiger partial charge in [0, 0.05) is 4.90 Å². The average Bonchev–Trinajstić information content (AvgIpc) is 2.86. The average molecular weight is 336 g/mol. The summed E-state index contributed by atoms with van der Waals surface area (Å²) in [5.41, 5.74) is 1.03. The molecule has 0 N–H and O–H groups in total. The van der Waals surface area contributed by atoms with Crippen molar-refractivity contribution in [1.29, 1.82) is 0 Å². The molecule has 0 saturated heterocycles. The van der Waals surface area contributed by atoms with Crippen LogP contribution < -0.4 is 0 Å². The summed E-state index contributed by atoms with van der Waals surface area (Å²) in [6.45, 7) is 0. The second-order valence-corrected chi connectivity index (χ2v) is 6.72. The Balaban J connectivity index is 2.11. The second-order valence-electron chi connectivity index (χ2n) is 3.56. The zero-order valence-corrected chi connectivity index (χ0v) is 12.9. The monoisotopic (exact) mass is 334 g/mol. The van der Waals surface area contributed by atoms with Gasteiger partial charge in [-0.05, 0) is 30.0 Å². The predicted molar refractivity (Wildman–Crippen MR) is 80.7 cm³/mol. The van der Waals surface area contributed by atoms with E-state index in [1.807, 2.05) is 36.6 Å². The fraction of sp³-hybridized carbons (Fsp3) is 0.167. The summed E-state index contributed by atoms with van der Waals surface area (Å²) in [5, 5.41) is 3.70. The molecule has 100 valence electrons. The lowest BCUT2D eigenvalue weighted by atomic mass is 10.2. The van der Waals surface area contributed by atoms with Gasteiger partial charge in [-0.1, -0.05) is 58.2 Å². The first-order valence-corrected chi connectivity index (χ1v) is 7.58. The summed E-state index contributed by atoms with van der Waals surface area (Å²) in [7, 11) is 0. The van der Waals surface area contributed by atoms with Crippen LogP contribution >= 0.6 is 46.6 Å². The van der Waals surface area contributed by atoms with Crippen molar-refractivity contribution >= 4 is 58.7 Å². The molecule has 0 unspecified atom stereocenters. The highest BCUT2D eigenvalue weighted by atomic mass is 35.6. The number of halogens is 3. The molecule has 1 heterocycles. The maximum atomic E-state index is 5.63. The van der Waals surface area contributed by atoms with Crippen molar-refractivity contribution in [1.82, 2.24) is 10.1 Å². The molecule has 0 fully saturated rings. The number of thioether (sulfide) groups is 1. The quantitative estimate of drug-likeness (QED) is 0.597. The molecule has 0 aliphatic carbocycles. The van der Waals surface area contributed by atoms with Crippen LogP contribution in [0.25, 0.3) is 12.2 Å². The molecular weight excluding hydrogens is 327 g/mol. The highest BCUT2D eigenvalue weighted by molar-refractivity contribution is 7.98. The highest BCUT2D eigenvalue weighted by Crippen LogP contribution is 2.36. The molecule has 1 aromatic carbocycles. The van der Waals surface area contributed by atoms with Crippen molar-refractivity contribution in [2.75, 3.05) is 6.26 Å². The van der Waals surface area contributed by atoms with Crippen molar-refractivity contribution < 1.29 is 4.52 Å². The Labute approximate surface area is 129 Å². The van der Waals surface area contributed by atoms with Crippen LogP contribution in [0.4, 0.5) is 0 Å². The maximum absolute atomic E-state index is 5.63. The van der Waals surface area contributed by atoms with E-state index in [1.54, 1.807) is 17.8 Å². The Bertz CT molecular complexity index is 575. The van der Waals surface area contributed by atoms with Gasteiger partial charge in [-0.3, -0.25) is 0 Å². The fourth-order valence-electron chi connectivity index (χ4n) is 1.30. The number of aromatic nitrogens is 2. The van der Waals surface area contributed by atoms with E-state index in [1.165, 1.54) is 4.90 Å². The Kier molecular flexibility index (Phi) is 4.79. The number of hydrogen-bond donors (Lipinski definition) is 0. The van der Waals surface area contributed by atoms with Crippen LogP contribution in [0.15, 0.2) is 33.7 Å². The lowest BCUT2D eigenvalue weighted by molar-refractivity contribution is 0.381. The Morgan fingerprint density at radius 2 is 1.84 bits per heavy atom. The molecule has 0 radical (unpaired) electrons. The SMILES string of the molecule is CSc1ccc(C=Cc2noc(C(Cl)(Cl)Cl)n2)cc1. The van der Waals surface area contributed by atoms with Gasteiger partial charge in [0.15, 0.2) is 5.82 Å². The van der Waals surface area contributed by atoms with E-state index in [4.69, 9.17) is 39.3 Å². The third-order valence-electron chi connectivity index (χ3n) is 2.22. The van der Waals surface area contributed by atoms with E-state index in [-0.39, 0.29) is 5.89 Å². The van der Waals surface area contributed by atoms with Crippen molar-refractivity contribution in [3.05, 3.63) is 41.5 Å². The molecule has 0 spiro atoms. The predicted octanol–water partition coefficient (Wildman–Crippen LogP) is 4.79. The minimum absolute atomic E-state index is 0.0464. The normalized spacial score (nSPS) is 12.2. The van der Waals surface area contributed by atoms with E-state index in [2.05, 4.69) is 10.1 Å². The van der Waals surface area contributed by atoms with Crippen LogP contribution in [-0.4, -0.2) is 16.4 Å². The molecule has 0 saturated carbocycles. The molecule has 7 heteroatoms. The van der Waals surface area contributed by atoms with E-state index in [0.29, 0.717) is 5.82 Å². The molecule has 2 aromatic rings. The van der Waals surface area contributed by atoms with E-state index >= 15 is 0 Å². The van der Waals surface area contributed by atoms with Crippen molar-refractivity contribution in [2.45, 2.75) is 8.69 Å². The zero-order chi connectivity index (χ0) is 13.9. The number of hydrogen-bond acceptors (Lipinski definition) is 4. The lowest BCUT2D eigenvalue weighted by Gasteiger charge is -2.01.